The average molecular weight is 376 g/mol. The number of ether oxygens (including phenoxy) is 2. The van der Waals surface area contributed by atoms with Crippen molar-refractivity contribution < 1.29 is 14.3 Å². The third kappa shape index (κ3) is 6.26. The SMILES string of the molecule is CCOc1ccccc1CCCNC(=O)[C@H](CC)Oc1ccc(Cl)cc1. The lowest BCUT2D eigenvalue weighted by Gasteiger charge is -2.17. The van der Waals surface area contributed by atoms with Gasteiger partial charge in [0, 0.05) is 11.6 Å². The summed E-state index contributed by atoms with van der Waals surface area (Å²) in [6.07, 6.45) is 1.78. The number of benzene rings is 2. The first-order chi connectivity index (χ1) is 12.6. The van der Waals surface area contributed by atoms with Gasteiger partial charge in [0.1, 0.15) is 11.5 Å². The largest absolute Gasteiger partial charge is 0.494 e. The molecule has 0 fully saturated rings. The van der Waals surface area contributed by atoms with E-state index in [4.69, 9.17) is 21.1 Å². The molecule has 1 atom stereocenters. The Hall–Kier alpha value is -2.20. The highest BCUT2D eigenvalue weighted by Gasteiger charge is 2.17. The Morgan fingerprint density at radius 1 is 1.12 bits per heavy atom. The van der Waals surface area contributed by atoms with Gasteiger partial charge in [-0.25, -0.2) is 0 Å². The Kier molecular flexibility index (Phi) is 8.29. The van der Waals surface area contributed by atoms with Gasteiger partial charge in [-0.15, -0.1) is 0 Å². The van der Waals surface area contributed by atoms with Crippen LogP contribution in [-0.2, 0) is 11.2 Å². The minimum absolute atomic E-state index is 0.0967. The monoisotopic (exact) mass is 375 g/mol. The van der Waals surface area contributed by atoms with Crippen LogP contribution in [0, 0.1) is 0 Å². The molecule has 26 heavy (non-hydrogen) atoms. The molecule has 0 aliphatic rings. The lowest BCUT2D eigenvalue weighted by molar-refractivity contribution is -0.128. The van der Waals surface area contributed by atoms with Crippen molar-refractivity contribution in [2.24, 2.45) is 0 Å². The molecule has 0 saturated heterocycles. The minimum atomic E-state index is -0.508. The summed E-state index contributed by atoms with van der Waals surface area (Å²) in [5, 5.41) is 3.60. The van der Waals surface area contributed by atoms with E-state index in [2.05, 4.69) is 11.4 Å². The van der Waals surface area contributed by atoms with Crippen LogP contribution in [0.1, 0.15) is 32.3 Å². The van der Waals surface area contributed by atoms with Gasteiger partial charge in [-0.3, -0.25) is 4.79 Å². The summed E-state index contributed by atoms with van der Waals surface area (Å²) < 4.78 is 11.4. The van der Waals surface area contributed by atoms with Crippen LogP contribution in [0.15, 0.2) is 48.5 Å². The van der Waals surface area contributed by atoms with Crippen LogP contribution in [-0.4, -0.2) is 25.2 Å². The number of para-hydroxylation sites is 1. The number of carbonyl (C=O) groups is 1. The quantitative estimate of drug-likeness (QED) is 0.615. The molecule has 0 aliphatic heterocycles. The number of hydrogen-bond donors (Lipinski definition) is 1. The molecule has 0 spiro atoms. The fourth-order valence-corrected chi connectivity index (χ4v) is 2.74. The maximum Gasteiger partial charge on any atom is 0.261 e. The molecule has 140 valence electrons. The first-order valence-electron chi connectivity index (χ1n) is 9.04. The molecule has 0 aromatic heterocycles. The Morgan fingerprint density at radius 3 is 2.54 bits per heavy atom. The molecule has 2 rings (SSSR count). The second-order valence-electron chi connectivity index (χ2n) is 5.90. The zero-order valence-corrected chi connectivity index (χ0v) is 16.1. The van der Waals surface area contributed by atoms with Crippen LogP contribution in [0.25, 0.3) is 0 Å². The number of nitrogens with one attached hydrogen (secondary N) is 1. The Labute approximate surface area is 160 Å². The Morgan fingerprint density at radius 2 is 1.85 bits per heavy atom. The predicted octanol–water partition coefficient (Wildman–Crippen LogP) is 4.65. The summed E-state index contributed by atoms with van der Waals surface area (Å²) in [7, 11) is 0. The number of carbonyl (C=O) groups excluding carboxylic acids is 1. The van der Waals surface area contributed by atoms with Crippen molar-refractivity contribution in [2.45, 2.75) is 39.2 Å². The molecule has 0 radical (unpaired) electrons. The molecule has 0 bridgehead atoms. The average Bonchev–Trinajstić information content (AvgIpc) is 2.66. The molecular weight excluding hydrogens is 350 g/mol. The lowest BCUT2D eigenvalue weighted by Crippen LogP contribution is -2.38. The van der Waals surface area contributed by atoms with Gasteiger partial charge in [0.25, 0.3) is 5.91 Å². The van der Waals surface area contributed by atoms with Gasteiger partial charge < -0.3 is 14.8 Å². The van der Waals surface area contributed by atoms with Crippen LogP contribution in [0.2, 0.25) is 5.02 Å². The number of rotatable bonds is 10. The van der Waals surface area contributed by atoms with Crippen molar-refractivity contribution in [1.82, 2.24) is 5.32 Å². The summed E-state index contributed by atoms with van der Waals surface area (Å²) in [5.74, 6) is 1.46. The molecule has 0 unspecified atom stereocenters. The summed E-state index contributed by atoms with van der Waals surface area (Å²) >= 11 is 5.87. The van der Waals surface area contributed by atoms with Gasteiger partial charge in [-0.2, -0.15) is 0 Å². The molecule has 0 saturated carbocycles. The van der Waals surface area contributed by atoms with Crippen LogP contribution in [0.4, 0.5) is 0 Å². The van der Waals surface area contributed by atoms with Crippen molar-refractivity contribution >= 4 is 17.5 Å². The van der Waals surface area contributed by atoms with Crippen LogP contribution < -0.4 is 14.8 Å². The van der Waals surface area contributed by atoms with Crippen molar-refractivity contribution in [3.63, 3.8) is 0 Å². The second kappa shape index (κ2) is 10.7. The normalized spacial score (nSPS) is 11.7. The molecule has 4 nitrogen and oxygen atoms in total. The van der Waals surface area contributed by atoms with Gasteiger partial charge in [0.15, 0.2) is 6.10 Å². The summed E-state index contributed by atoms with van der Waals surface area (Å²) in [4.78, 5) is 12.3. The van der Waals surface area contributed by atoms with E-state index >= 15 is 0 Å². The third-order valence-corrected chi connectivity index (χ3v) is 4.20. The molecule has 2 aromatic rings. The highest BCUT2D eigenvalue weighted by atomic mass is 35.5. The van der Waals surface area contributed by atoms with Crippen molar-refractivity contribution in [3.05, 3.63) is 59.1 Å². The maximum absolute atomic E-state index is 12.3. The number of amides is 1. The molecule has 1 N–H and O–H groups in total. The van der Waals surface area contributed by atoms with E-state index in [0.29, 0.717) is 30.3 Å². The lowest BCUT2D eigenvalue weighted by atomic mass is 10.1. The van der Waals surface area contributed by atoms with Gasteiger partial charge in [-0.05, 0) is 62.1 Å². The minimum Gasteiger partial charge on any atom is -0.494 e. The topological polar surface area (TPSA) is 47.6 Å². The fourth-order valence-electron chi connectivity index (χ4n) is 2.61. The van der Waals surface area contributed by atoms with E-state index in [1.807, 2.05) is 32.0 Å². The second-order valence-corrected chi connectivity index (χ2v) is 6.34. The first kappa shape index (κ1) is 20.1. The molecule has 0 heterocycles. The standard InChI is InChI=1S/C21H26ClNO3/c1-3-19(26-18-13-11-17(22)12-14-18)21(24)23-15-7-9-16-8-5-6-10-20(16)25-4-2/h5-6,8,10-14,19H,3-4,7,9,15H2,1-2H3,(H,23,24)/t19-/m0/s1. The smallest absolute Gasteiger partial charge is 0.261 e. The predicted molar refractivity (Wildman–Crippen MR) is 105 cm³/mol. The van der Waals surface area contributed by atoms with E-state index in [1.165, 1.54) is 0 Å². The van der Waals surface area contributed by atoms with E-state index < -0.39 is 6.10 Å². The van der Waals surface area contributed by atoms with Crippen LogP contribution >= 0.6 is 11.6 Å². The molecule has 5 heteroatoms. The number of aryl methyl sites for hydroxylation is 1. The van der Waals surface area contributed by atoms with E-state index in [9.17, 15) is 4.79 Å². The van der Waals surface area contributed by atoms with Crippen molar-refractivity contribution in [2.75, 3.05) is 13.2 Å². The summed E-state index contributed by atoms with van der Waals surface area (Å²) in [5.41, 5.74) is 1.16. The molecular formula is C21H26ClNO3. The first-order valence-corrected chi connectivity index (χ1v) is 9.42. The molecule has 1 amide bonds. The van der Waals surface area contributed by atoms with E-state index in [-0.39, 0.29) is 5.91 Å². The summed E-state index contributed by atoms with van der Waals surface area (Å²) in [6, 6.07) is 15.0. The van der Waals surface area contributed by atoms with Gasteiger partial charge in [-0.1, -0.05) is 36.7 Å². The molecule has 2 aromatic carbocycles. The van der Waals surface area contributed by atoms with E-state index in [0.717, 1.165) is 24.2 Å². The van der Waals surface area contributed by atoms with Crippen LogP contribution in [0.3, 0.4) is 0 Å². The van der Waals surface area contributed by atoms with Crippen molar-refractivity contribution in [1.29, 1.82) is 0 Å². The van der Waals surface area contributed by atoms with Gasteiger partial charge >= 0.3 is 0 Å². The highest BCUT2D eigenvalue weighted by Crippen LogP contribution is 2.20. The van der Waals surface area contributed by atoms with Crippen LogP contribution in [0.5, 0.6) is 11.5 Å². The van der Waals surface area contributed by atoms with E-state index in [1.54, 1.807) is 24.3 Å². The molecule has 0 aliphatic carbocycles. The van der Waals surface area contributed by atoms with Gasteiger partial charge in [0.05, 0.1) is 6.61 Å². The zero-order valence-electron chi connectivity index (χ0n) is 15.3. The number of hydrogen-bond acceptors (Lipinski definition) is 3. The Bertz CT molecular complexity index is 688. The Balaban J connectivity index is 1.79. The third-order valence-electron chi connectivity index (χ3n) is 3.95. The van der Waals surface area contributed by atoms with Gasteiger partial charge in [0.2, 0.25) is 0 Å². The zero-order chi connectivity index (χ0) is 18.8. The fraction of sp³-hybridized carbons (Fsp3) is 0.381. The summed E-state index contributed by atoms with van der Waals surface area (Å²) in [6.45, 7) is 5.15. The number of halogens is 1. The van der Waals surface area contributed by atoms with Crippen molar-refractivity contribution in [3.8, 4) is 11.5 Å². The maximum atomic E-state index is 12.3. The highest BCUT2D eigenvalue weighted by molar-refractivity contribution is 6.30.